The highest BCUT2D eigenvalue weighted by molar-refractivity contribution is 7.27. The number of rotatable bonds is 2. The first-order valence-electron chi connectivity index (χ1n) is 17.0. The monoisotopic (exact) mass is 652 g/mol. The van der Waals surface area contributed by atoms with E-state index in [-0.39, 0.29) is 6.71 Å². The molecule has 0 saturated heterocycles. The summed E-state index contributed by atoms with van der Waals surface area (Å²) in [5.41, 5.74) is 14.8. The molecule has 3 heteroatoms. The maximum Gasteiger partial charge on any atom is 0.244 e. The van der Waals surface area contributed by atoms with Crippen molar-refractivity contribution in [2.24, 2.45) is 0 Å². The molecule has 12 rings (SSSR count). The van der Waals surface area contributed by atoms with Crippen molar-refractivity contribution in [2.75, 3.05) is 0 Å². The van der Waals surface area contributed by atoms with Gasteiger partial charge in [-0.15, -0.1) is 22.7 Å². The minimum atomic E-state index is 0.134. The minimum absolute atomic E-state index is 0.134. The van der Waals surface area contributed by atoms with Gasteiger partial charge in [0.2, 0.25) is 6.71 Å². The largest absolute Gasteiger partial charge is 0.244 e. The average Bonchev–Trinajstić information content (AvgIpc) is 3.67. The van der Waals surface area contributed by atoms with Crippen molar-refractivity contribution in [2.45, 2.75) is 0 Å². The third-order valence-corrected chi connectivity index (χ3v) is 13.3. The van der Waals surface area contributed by atoms with Gasteiger partial charge in [0, 0.05) is 29.6 Å². The van der Waals surface area contributed by atoms with Gasteiger partial charge in [-0.3, -0.25) is 0 Å². The van der Waals surface area contributed by atoms with E-state index in [1.54, 1.807) is 0 Å². The van der Waals surface area contributed by atoms with Gasteiger partial charge in [-0.2, -0.15) is 0 Å². The van der Waals surface area contributed by atoms with Crippen LogP contribution < -0.4 is 16.4 Å². The minimum Gasteiger partial charge on any atom is -0.135 e. The summed E-state index contributed by atoms with van der Waals surface area (Å²) in [5.74, 6) is 0. The number of fused-ring (bicyclic) bond motifs is 5. The highest BCUT2D eigenvalue weighted by Crippen LogP contribution is 2.47. The summed E-state index contributed by atoms with van der Waals surface area (Å²) < 4.78 is 5.49. The van der Waals surface area contributed by atoms with Crippen LogP contribution in [0.25, 0.3) is 95.6 Å². The second kappa shape index (κ2) is 9.57. The van der Waals surface area contributed by atoms with Gasteiger partial charge in [0.25, 0.3) is 0 Å². The average molecular weight is 653 g/mol. The van der Waals surface area contributed by atoms with Gasteiger partial charge >= 0.3 is 0 Å². The molecule has 0 nitrogen and oxygen atoms in total. The SMILES string of the molecule is c1ccc(-c2ccc3cc(-c4cc5c6c(c4)-c4cccc7sc8cccc(c8c47)B6c4cccc6sc7cccc-5c7c46)ccc3c2)cc1. The van der Waals surface area contributed by atoms with E-state index in [9.17, 15) is 0 Å². The maximum atomic E-state index is 2.51. The van der Waals surface area contributed by atoms with Crippen LogP contribution in [0.1, 0.15) is 0 Å². The lowest BCUT2D eigenvalue weighted by molar-refractivity contribution is 1.62. The summed E-state index contributed by atoms with van der Waals surface area (Å²) in [7, 11) is 0. The smallest absolute Gasteiger partial charge is 0.135 e. The Morgan fingerprint density at radius 1 is 0.327 bits per heavy atom. The van der Waals surface area contributed by atoms with Gasteiger partial charge in [0.1, 0.15) is 0 Å². The third-order valence-electron chi connectivity index (χ3n) is 11.1. The Labute approximate surface area is 291 Å². The molecule has 0 amide bonds. The summed E-state index contributed by atoms with van der Waals surface area (Å²) in [6.45, 7) is 0.134. The Morgan fingerprint density at radius 3 is 1.37 bits per heavy atom. The van der Waals surface area contributed by atoms with Crippen LogP contribution in [-0.2, 0) is 0 Å². The first-order chi connectivity index (χ1) is 24.3. The first kappa shape index (κ1) is 26.5. The van der Waals surface area contributed by atoms with Gasteiger partial charge in [-0.05, 0) is 115 Å². The Morgan fingerprint density at radius 2 is 0.816 bits per heavy atom. The molecule has 10 aromatic rings. The van der Waals surface area contributed by atoms with Gasteiger partial charge in [-0.25, -0.2) is 0 Å². The van der Waals surface area contributed by atoms with Crippen LogP contribution in [0.3, 0.4) is 0 Å². The summed E-state index contributed by atoms with van der Waals surface area (Å²) in [6, 6.07) is 57.5. The second-order valence-electron chi connectivity index (χ2n) is 13.6. The zero-order valence-corrected chi connectivity index (χ0v) is 28.0. The van der Waals surface area contributed by atoms with Crippen LogP contribution in [0.4, 0.5) is 0 Å². The fourth-order valence-electron chi connectivity index (χ4n) is 9.01. The maximum absolute atomic E-state index is 2.51. The van der Waals surface area contributed by atoms with Crippen LogP contribution in [0.2, 0.25) is 0 Å². The molecule has 0 radical (unpaired) electrons. The molecule has 0 unspecified atom stereocenters. The van der Waals surface area contributed by atoms with E-state index in [0.29, 0.717) is 0 Å². The summed E-state index contributed by atoms with van der Waals surface area (Å²) >= 11 is 3.87. The van der Waals surface area contributed by atoms with E-state index in [0.717, 1.165) is 0 Å². The number of benzene rings is 8. The van der Waals surface area contributed by atoms with Gasteiger partial charge in [0.15, 0.2) is 0 Å². The van der Waals surface area contributed by atoms with Crippen molar-refractivity contribution in [3.05, 3.63) is 152 Å². The summed E-state index contributed by atoms with van der Waals surface area (Å²) in [4.78, 5) is 0. The number of thiophene rings is 2. The van der Waals surface area contributed by atoms with Crippen molar-refractivity contribution < 1.29 is 0 Å². The highest BCUT2D eigenvalue weighted by atomic mass is 32.1. The quantitative estimate of drug-likeness (QED) is 0.163. The fourth-order valence-corrected chi connectivity index (χ4v) is 11.3. The van der Waals surface area contributed by atoms with Crippen molar-refractivity contribution in [1.29, 1.82) is 0 Å². The lowest BCUT2D eigenvalue weighted by atomic mass is 9.35. The van der Waals surface area contributed by atoms with Crippen LogP contribution in [0.5, 0.6) is 0 Å². The highest BCUT2D eigenvalue weighted by Gasteiger charge is 2.37. The van der Waals surface area contributed by atoms with Gasteiger partial charge in [-0.1, -0.05) is 120 Å². The first-order valence-corrected chi connectivity index (χ1v) is 18.6. The third kappa shape index (κ3) is 3.54. The molecule has 224 valence electrons. The summed E-state index contributed by atoms with van der Waals surface area (Å²) in [5, 5.41) is 8.21. The number of hydrogen-bond donors (Lipinski definition) is 0. The van der Waals surface area contributed by atoms with Crippen molar-refractivity contribution in [3.63, 3.8) is 0 Å². The molecule has 0 N–H and O–H groups in total. The predicted molar refractivity (Wildman–Crippen MR) is 216 cm³/mol. The van der Waals surface area contributed by atoms with E-state index < -0.39 is 0 Å². The van der Waals surface area contributed by atoms with Crippen molar-refractivity contribution in [1.82, 2.24) is 0 Å². The lowest BCUT2D eigenvalue weighted by Gasteiger charge is -2.22. The molecule has 0 fully saturated rings. The molecule has 49 heavy (non-hydrogen) atoms. The molecule has 8 aromatic carbocycles. The molecule has 2 aliphatic rings. The van der Waals surface area contributed by atoms with Crippen molar-refractivity contribution in [3.8, 4) is 44.5 Å². The molecule has 4 heterocycles. The Bertz CT molecular complexity index is 2910. The topological polar surface area (TPSA) is 0 Å². The van der Waals surface area contributed by atoms with Crippen LogP contribution in [0, 0.1) is 0 Å². The predicted octanol–water partition coefficient (Wildman–Crippen LogP) is 11.4. The van der Waals surface area contributed by atoms with Crippen LogP contribution in [0.15, 0.2) is 152 Å². The molecule has 2 aromatic heterocycles. The Hall–Kier alpha value is -5.48. The zero-order valence-electron chi connectivity index (χ0n) is 26.3. The second-order valence-corrected chi connectivity index (χ2v) is 15.7. The van der Waals surface area contributed by atoms with E-state index >= 15 is 0 Å². The molecular weight excluding hydrogens is 627 g/mol. The van der Waals surface area contributed by atoms with Gasteiger partial charge in [0.05, 0.1) is 0 Å². The standard InChI is InChI=1S/C46H25BS2/c1-2-8-26(9-3-1)27-18-19-29-23-30(21-20-28(29)22-27)31-24-34-32-10-4-14-38-42(32)44-36(12-6-16-40(44)48-38)47-37-13-7-17-41-45(37)43-33(35(25-31)46(34)47)11-5-15-39(43)49-41/h1-25H. The molecule has 0 saturated carbocycles. The molecule has 0 atom stereocenters. The molecule has 0 spiro atoms. The van der Waals surface area contributed by atoms with E-state index in [4.69, 9.17) is 0 Å². The number of hydrogen-bond acceptors (Lipinski definition) is 2. The Balaban J connectivity index is 1.20. The fraction of sp³-hybridized carbons (Fsp3) is 0. The van der Waals surface area contributed by atoms with Crippen molar-refractivity contribution >= 4 is 96.9 Å². The molecule has 0 aliphatic carbocycles. The Kier molecular flexibility index (Phi) is 5.17. The van der Waals surface area contributed by atoms with E-state index in [1.807, 2.05) is 22.7 Å². The molecule has 2 aliphatic heterocycles. The van der Waals surface area contributed by atoms with Crippen LogP contribution >= 0.6 is 22.7 Å². The molecular formula is C46H25BS2. The lowest BCUT2D eigenvalue weighted by Crippen LogP contribution is -2.52. The van der Waals surface area contributed by atoms with E-state index in [2.05, 4.69) is 152 Å². The summed E-state index contributed by atoms with van der Waals surface area (Å²) in [6.07, 6.45) is 0. The molecule has 0 bridgehead atoms. The van der Waals surface area contributed by atoms with Crippen LogP contribution in [-0.4, -0.2) is 6.71 Å². The van der Waals surface area contributed by atoms with Gasteiger partial charge < -0.3 is 0 Å². The normalized spacial score (nSPS) is 12.9. The van der Waals surface area contributed by atoms with E-state index in [1.165, 1.54) is 112 Å². The zero-order chi connectivity index (χ0) is 31.8.